The Morgan fingerprint density at radius 1 is 1.20 bits per heavy atom. The number of unbranched alkanes of at least 4 members (excludes halogenated alkanes) is 3. The Bertz CT molecular complexity index is 61.7. The molecule has 0 saturated heterocycles. The van der Waals surface area contributed by atoms with Gasteiger partial charge in [-0.25, -0.2) is 0 Å². The van der Waals surface area contributed by atoms with E-state index in [1.54, 1.807) is 0 Å². The van der Waals surface area contributed by atoms with Crippen LogP contribution >= 0.6 is 11.8 Å². The minimum absolute atomic E-state index is 0.872. The van der Waals surface area contributed by atoms with Crippen molar-refractivity contribution in [2.45, 2.75) is 51.2 Å². The highest BCUT2D eigenvalue weighted by Gasteiger charge is 1.96. The number of hydrogen-bond acceptors (Lipinski definition) is 1. The first-order valence-corrected chi connectivity index (χ1v) is 5.62. The molecule has 1 heteroatoms. The number of hydrogen-bond donors (Lipinski definition) is 0. The van der Waals surface area contributed by atoms with E-state index in [0.29, 0.717) is 0 Å². The van der Waals surface area contributed by atoms with Crippen LogP contribution in [0.2, 0.25) is 0 Å². The average Bonchev–Trinajstić information content (AvgIpc) is 1.98. The van der Waals surface area contributed by atoms with Crippen LogP contribution in [0.15, 0.2) is 0 Å². The van der Waals surface area contributed by atoms with Gasteiger partial charge in [-0.05, 0) is 12.7 Å². The minimum atomic E-state index is 0.872. The van der Waals surface area contributed by atoms with Crippen LogP contribution in [0.1, 0.15) is 46.0 Å². The Morgan fingerprint density at radius 2 is 1.90 bits per heavy atom. The zero-order valence-corrected chi connectivity index (χ0v) is 8.34. The van der Waals surface area contributed by atoms with Crippen molar-refractivity contribution in [3.05, 3.63) is 0 Å². The fourth-order valence-electron chi connectivity index (χ4n) is 0.976. The van der Waals surface area contributed by atoms with E-state index in [-0.39, 0.29) is 0 Å². The molecule has 0 bridgehead atoms. The molecule has 0 amide bonds. The fourth-order valence-corrected chi connectivity index (χ4v) is 1.38. The van der Waals surface area contributed by atoms with E-state index in [2.05, 4.69) is 20.1 Å². The van der Waals surface area contributed by atoms with Crippen LogP contribution in [-0.4, -0.2) is 11.5 Å². The van der Waals surface area contributed by atoms with Gasteiger partial charge < -0.3 is 0 Å². The normalized spacial score (nSPS) is 13.5. The van der Waals surface area contributed by atoms with Crippen molar-refractivity contribution >= 4 is 11.8 Å². The maximum absolute atomic E-state index is 2.32. The molecule has 10 heavy (non-hydrogen) atoms. The number of thioether (sulfide) groups is 1. The van der Waals surface area contributed by atoms with E-state index in [9.17, 15) is 0 Å². The highest BCUT2D eigenvalue weighted by molar-refractivity contribution is 7.99. The minimum Gasteiger partial charge on any atom is -0.162 e. The second-order valence-electron chi connectivity index (χ2n) is 2.90. The van der Waals surface area contributed by atoms with Gasteiger partial charge in [0.25, 0.3) is 0 Å². The summed E-state index contributed by atoms with van der Waals surface area (Å²) in [5.41, 5.74) is 0. The lowest BCUT2D eigenvalue weighted by Crippen LogP contribution is -1.93. The molecular formula is C9H20S. The van der Waals surface area contributed by atoms with Crippen LogP contribution in [0, 0.1) is 0 Å². The third-order valence-corrected chi connectivity index (χ3v) is 2.91. The van der Waals surface area contributed by atoms with Crippen LogP contribution < -0.4 is 0 Å². The van der Waals surface area contributed by atoms with Gasteiger partial charge in [-0.2, -0.15) is 11.8 Å². The van der Waals surface area contributed by atoms with Gasteiger partial charge in [-0.15, -0.1) is 0 Å². The Kier molecular flexibility index (Phi) is 7.72. The van der Waals surface area contributed by atoms with Crippen molar-refractivity contribution in [1.82, 2.24) is 0 Å². The highest BCUT2D eigenvalue weighted by Crippen LogP contribution is 2.14. The van der Waals surface area contributed by atoms with Gasteiger partial charge >= 0.3 is 0 Å². The molecule has 0 fully saturated rings. The summed E-state index contributed by atoms with van der Waals surface area (Å²) in [6.07, 6.45) is 9.23. The molecule has 1 atom stereocenters. The van der Waals surface area contributed by atoms with Crippen LogP contribution in [0.25, 0.3) is 0 Å². The highest BCUT2D eigenvalue weighted by atomic mass is 32.2. The molecule has 0 aliphatic rings. The van der Waals surface area contributed by atoms with Crippen LogP contribution in [0.3, 0.4) is 0 Å². The first-order chi connectivity index (χ1) is 4.81. The lowest BCUT2D eigenvalue weighted by molar-refractivity contribution is 0.631. The summed E-state index contributed by atoms with van der Waals surface area (Å²) >= 11 is 1.98. The summed E-state index contributed by atoms with van der Waals surface area (Å²) in [5, 5.41) is 0.872. The Hall–Kier alpha value is 0.350. The largest absolute Gasteiger partial charge is 0.162 e. The number of rotatable bonds is 6. The zero-order valence-electron chi connectivity index (χ0n) is 7.52. The van der Waals surface area contributed by atoms with E-state index in [0.717, 1.165) is 5.25 Å². The molecular weight excluding hydrogens is 140 g/mol. The molecule has 0 aliphatic heterocycles. The molecule has 0 rings (SSSR count). The molecule has 0 spiro atoms. The van der Waals surface area contributed by atoms with Gasteiger partial charge in [0.05, 0.1) is 0 Å². The van der Waals surface area contributed by atoms with Crippen molar-refractivity contribution in [3.63, 3.8) is 0 Å². The average molecular weight is 160 g/mol. The lowest BCUT2D eigenvalue weighted by Gasteiger charge is -2.05. The Labute approximate surface area is 69.8 Å². The van der Waals surface area contributed by atoms with Gasteiger partial charge in [0, 0.05) is 5.25 Å². The van der Waals surface area contributed by atoms with Crippen molar-refractivity contribution in [1.29, 1.82) is 0 Å². The molecule has 0 N–H and O–H groups in total. The molecule has 0 heterocycles. The molecule has 0 aromatic heterocycles. The van der Waals surface area contributed by atoms with E-state index in [4.69, 9.17) is 0 Å². The SMILES string of the molecule is CCCCCC[C@@H](C)SC. The van der Waals surface area contributed by atoms with Crippen molar-refractivity contribution < 1.29 is 0 Å². The standard InChI is InChI=1S/C9H20S/c1-4-5-6-7-8-9(2)10-3/h9H,4-8H2,1-3H3/t9-/m1/s1. The van der Waals surface area contributed by atoms with Gasteiger partial charge in [0.15, 0.2) is 0 Å². The maximum atomic E-state index is 2.32. The van der Waals surface area contributed by atoms with Gasteiger partial charge in [-0.3, -0.25) is 0 Å². The molecule has 0 radical (unpaired) electrons. The lowest BCUT2D eigenvalue weighted by atomic mass is 10.1. The first kappa shape index (κ1) is 10.3. The zero-order chi connectivity index (χ0) is 7.82. The Balaban J connectivity index is 2.89. The third kappa shape index (κ3) is 6.47. The quantitative estimate of drug-likeness (QED) is 0.534. The monoisotopic (exact) mass is 160 g/mol. The molecule has 62 valence electrons. The van der Waals surface area contributed by atoms with E-state index < -0.39 is 0 Å². The maximum Gasteiger partial charge on any atom is 0.00159 e. The van der Waals surface area contributed by atoms with E-state index in [1.807, 2.05) is 11.8 Å². The summed E-state index contributed by atoms with van der Waals surface area (Å²) in [6, 6.07) is 0. The molecule has 0 nitrogen and oxygen atoms in total. The Morgan fingerprint density at radius 3 is 2.40 bits per heavy atom. The predicted molar refractivity (Wildman–Crippen MR) is 51.7 cm³/mol. The first-order valence-electron chi connectivity index (χ1n) is 4.34. The summed E-state index contributed by atoms with van der Waals surface area (Å²) in [7, 11) is 0. The van der Waals surface area contributed by atoms with Crippen molar-refractivity contribution in [3.8, 4) is 0 Å². The smallest absolute Gasteiger partial charge is 0.00159 e. The fraction of sp³-hybridized carbons (Fsp3) is 1.00. The molecule has 0 aromatic rings. The molecule has 0 aromatic carbocycles. The summed E-state index contributed by atoms with van der Waals surface area (Å²) < 4.78 is 0. The predicted octanol–water partition coefficient (Wildman–Crippen LogP) is 3.71. The van der Waals surface area contributed by atoms with E-state index >= 15 is 0 Å². The molecule has 0 saturated carbocycles. The summed E-state index contributed by atoms with van der Waals surface area (Å²) in [6.45, 7) is 4.58. The molecule has 0 unspecified atom stereocenters. The second-order valence-corrected chi connectivity index (χ2v) is 4.17. The van der Waals surface area contributed by atoms with Crippen LogP contribution in [-0.2, 0) is 0 Å². The van der Waals surface area contributed by atoms with Crippen LogP contribution in [0.5, 0.6) is 0 Å². The van der Waals surface area contributed by atoms with Gasteiger partial charge in [-0.1, -0.05) is 39.5 Å². The van der Waals surface area contributed by atoms with Crippen molar-refractivity contribution in [2.24, 2.45) is 0 Å². The van der Waals surface area contributed by atoms with Crippen LogP contribution in [0.4, 0.5) is 0 Å². The van der Waals surface area contributed by atoms with Gasteiger partial charge in [0.2, 0.25) is 0 Å². The van der Waals surface area contributed by atoms with E-state index in [1.165, 1.54) is 32.1 Å². The van der Waals surface area contributed by atoms with Crippen molar-refractivity contribution in [2.75, 3.05) is 6.26 Å². The topological polar surface area (TPSA) is 0 Å². The third-order valence-electron chi connectivity index (χ3n) is 1.87. The summed E-state index contributed by atoms with van der Waals surface area (Å²) in [5.74, 6) is 0. The molecule has 0 aliphatic carbocycles. The van der Waals surface area contributed by atoms with Gasteiger partial charge in [0.1, 0.15) is 0 Å². The second kappa shape index (κ2) is 7.46. The summed E-state index contributed by atoms with van der Waals surface area (Å²) in [4.78, 5) is 0.